The Labute approximate surface area is 112 Å². The molecule has 1 saturated heterocycles. The summed E-state index contributed by atoms with van der Waals surface area (Å²) < 4.78 is 0. The van der Waals surface area contributed by atoms with Gasteiger partial charge in [-0.3, -0.25) is 9.79 Å². The normalized spacial score (nSPS) is 21.9. The van der Waals surface area contributed by atoms with Crippen molar-refractivity contribution < 1.29 is 4.79 Å². The number of rotatable bonds is 3. The van der Waals surface area contributed by atoms with Gasteiger partial charge in [-0.1, -0.05) is 0 Å². The predicted molar refractivity (Wildman–Crippen MR) is 75.5 cm³/mol. The summed E-state index contributed by atoms with van der Waals surface area (Å²) in [5.74, 6) is 0.997. The maximum Gasteiger partial charge on any atom is 0.241 e. The smallest absolute Gasteiger partial charge is 0.241 e. The van der Waals surface area contributed by atoms with E-state index < -0.39 is 0 Å². The molecule has 3 N–H and O–H groups in total. The molecule has 1 unspecified atom stereocenters. The topological polar surface area (TPSA) is 65.5 Å². The van der Waals surface area contributed by atoms with Crippen molar-refractivity contribution in [2.75, 3.05) is 25.0 Å². The third kappa shape index (κ3) is 2.76. The van der Waals surface area contributed by atoms with E-state index in [0.29, 0.717) is 0 Å². The molecule has 2 heterocycles. The van der Waals surface area contributed by atoms with Crippen LogP contribution in [0.15, 0.2) is 29.3 Å². The zero-order valence-corrected chi connectivity index (χ0v) is 10.8. The van der Waals surface area contributed by atoms with Gasteiger partial charge in [0.05, 0.1) is 12.6 Å². The summed E-state index contributed by atoms with van der Waals surface area (Å²) in [6.45, 7) is 2.67. The third-order valence-corrected chi connectivity index (χ3v) is 3.48. The van der Waals surface area contributed by atoms with Crippen LogP contribution >= 0.6 is 0 Å². The van der Waals surface area contributed by atoms with Gasteiger partial charge in [-0.15, -0.1) is 0 Å². The van der Waals surface area contributed by atoms with Gasteiger partial charge in [0.2, 0.25) is 5.91 Å². The fourth-order valence-electron chi connectivity index (χ4n) is 2.44. The Balaban J connectivity index is 1.63. The number of nitrogens with zero attached hydrogens (tertiary/aromatic N) is 1. The van der Waals surface area contributed by atoms with Gasteiger partial charge in [0.15, 0.2) is 0 Å². The number of anilines is 1. The van der Waals surface area contributed by atoms with E-state index in [9.17, 15) is 4.79 Å². The lowest BCUT2D eigenvalue weighted by Crippen LogP contribution is -2.35. The molecule has 1 aromatic carbocycles. The van der Waals surface area contributed by atoms with Crippen molar-refractivity contribution >= 4 is 17.4 Å². The SMILES string of the molecule is O=C(Nc1ccc(C2=NCCN2)cc1)C1CCCN1. The molecule has 0 aliphatic carbocycles. The minimum Gasteiger partial charge on any atom is -0.368 e. The van der Waals surface area contributed by atoms with Gasteiger partial charge in [-0.05, 0) is 43.7 Å². The molecule has 19 heavy (non-hydrogen) atoms. The number of aliphatic imine (C=N–C) groups is 1. The minimum atomic E-state index is -0.0412. The van der Waals surface area contributed by atoms with Crippen molar-refractivity contribution in [3.05, 3.63) is 29.8 Å². The summed E-state index contributed by atoms with van der Waals surface area (Å²) in [6, 6.07) is 7.76. The molecule has 5 nitrogen and oxygen atoms in total. The van der Waals surface area contributed by atoms with E-state index in [4.69, 9.17) is 0 Å². The van der Waals surface area contributed by atoms with Crippen LogP contribution in [0.4, 0.5) is 5.69 Å². The number of carbonyl (C=O) groups is 1. The predicted octanol–water partition coefficient (Wildman–Crippen LogP) is 0.727. The van der Waals surface area contributed by atoms with Crippen molar-refractivity contribution in [3.8, 4) is 0 Å². The summed E-state index contributed by atoms with van der Waals surface area (Å²) in [5, 5.41) is 9.36. The largest absolute Gasteiger partial charge is 0.368 e. The number of hydrogen-bond acceptors (Lipinski definition) is 4. The Morgan fingerprint density at radius 2 is 2.11 bits per heavy atom. The number of carbonyl (C=O) groups excluding carboxylic acids is 1. The highest BCUT2D eigenvalue weighted by Gasteiger charge is 2.21. The minimum absolute atomic E-state index is 0.0412. The van der Waals surface area contributed by atoms with Crippen LogP contribution in [0.1, 0.15) is 18.4 Å². The van der Waals surface area contributed by atoms with Crippen LogP contribution in [0.25, 0.3) is 0 Å². The Morgan fingerprint density at radius 3 is 2.74 bits per heavy atom. The molecule has 1 fully saturated rings. The average molecular weight is 258 g/mol. The zero-order valence-electron chi connectivity index (χ0n) is 10.8. The van der Waals surface area contributed by atoms with Crippen molar-refractivity contribution in [1.29, 1.82) is 0 Å². The first-order chi connectivity index (χ1) is 9.33. The Hall–Kier alpha value is -1.88. The maximum atomic E-state index is 11.9. The van der Waals surface area contributed by atoms with Gasteiger partial charge in [-0.25, -0.2) is 0 Å². The molecule has 1 atom stereocenters. The van der Waals surface area contributed by atoms with Crippen LogP contribution in [0, 0.1) is 0 Å². The number of nitrogens with one attached hydrogen (secondary N) is 3. The van der Waals surface area contributed by atoms with Gasteiger partial charge in [0, 0.05) is 17.8 Å². The third-order valence-electron chi connectivity index (χ3n) is 3.48. The van der Waals surface area contributed by atoms with Crippen LogP contribution in [-0.4, -0.2) is 37.4 Å². The van der Waals surface area contributed by atoms with E-state index in [1.807, 2.05) is 24.3 Å². The molecule has 0 aromatic heterocycles. The van der Waals surface area contributed by atoms with Gasteiger partial charge in [0.25, 0.3) is 0 Å². The lowest BCUT2D eigenvalue weighted by Gasteiger charge is -2.11. The first-order valence-electron chi connectivity index (χ1n) is 6.76. The van der Waals surface area contributed by atoms with Gasteiger partial charge >= 0.3 is 0 Å². The Bertz CT molecular complexity index is 489. The van der Waals surface area contributed by atoms with E-state index in [1.54, 1.807) is 0 Å². The molecule has 0 saturated carbocycles. The highest BCUT2D eigenvalue weighted by Crippen LogP contribution is 2.13. The summed E-state index contributed by atoms with van der Waals surface area (Å²) in [5.41, 5.74) is 1.90. The van der Waals surface area contributed by atoms with Gasteiger partial charge in [0.1, 0.15) is 5.84 Å². The summed E-state index contributed by atoms with van der Waals surface area (Å²) in [4.78, 5) is 16.3. The molecule has 100 valence electrons. The number of amidine groups is 1. The second-order valence-corrected chi connectivity index (χ2v) is 4.87. The quantitative estimate of drug-likeness (QED) is 0.748. The van der Waals surface area contributed by atoms with E-state index in [2.05, 4.69) is 20.9 Å². The average Bonchev–Trinajstić information content (AvgIpc) is 3.13. The molecule has 0 spiro atoms. The van der Waals surface area contributed by atoms with Crippen molar-refractivity contribution in [1.82, 2.24) is 10.6 Å². The number of amides is 1. The lowest BCUT2D eigenvalue weighted by molar-refractivity contribution is -0.117. The summed E-state index contributed by atoms with van der Waals surface area (Å²) in [7, 11) is 0. The molecule has 5 heteroatoms. The standard InChI is InChI=1S/C14H18N4O/c19-14(12-2-1-7-15-12)18-11-5-3-10(4-6-11)13-16-8-9-17-13/h3-6,12,15H,1-2,7-9H2,(H,16,17)(H,18,19). The van der Waals surface area contributed by atoms with Crippen molar-refractivity contribution in [2.45, 2.75) is 18.9 Å². The highest BCUT2D eigenvalue weighted by molar-refractivity contribution is 6.00. The van der Waals surface area contributed by atoms with Crippen LogP contribution < -0.4 is 16.0 Å². The molecule has 2 aliphatic heterocycles. The second-order valence-electron chi connectivity index (χ2n) is 4.87. The monoisotopic (exact) mass is 258 g/mol. The van der Waals surface area contributed by atoms with E-state index >= 15 is 0 Å². The lowest BCUT2D eigenvalue weighted by atomic mass is 10.1. The highest BCUT2D eigenvalue weighted by atomic mass is 16.2. The van der Waals surface area contributed by atoms with Crippen molar-refractivity contribution in [3.63, 3.8) is 0 Å². The fourth-order valence-corrected chi connectivity index (χ4v) is 2.44. The number of benzene rings is 1. The number of hydrogen-bond donors (Lipinski definition) is 3. The van der Waals surface area contributed by atoms with Crippen LogP contribution in [-0.2, 0) is 4.79 Å². The van der Waals surface area contributed by atoms with Crippen LogP contribution in [0.2, 0.25) is 0 Å². The first-order valence-corrected chi connectivity index (χ1v) is 6.76. The molecule has 2 aliphatic rings. The fraction of sp³-hybridized carbons (Fsp3) is 0.429. The van der Waals surface area contributed by atoms with Gasteiger partial charge < -0.3 is 16.0 Å². The Kier molecular flexibility index (Phi) is 3.46. The zero-order chi connectivity index (χ0) is 13.1. The molecular weight excluding hydrogens is 240 g/mol. The summed E-state index contributed by atoms with van der Waals surface area (Å²) in [6.07, 6.45) is 1.99. The molecule has 0 bridgehead atoms. The van der Waals surface area contributed by atoms with E-state index in [1.165, 1.54) is 0 Å². The van der Waals surface area contributed by atoms with Crippen LogP contribution in [0.5, 0.6) is 0 Å². The van der Waals surface area contributed by atoms with E-state index in [0.717, 1.165) is 49.6 Å². The van der Waals surface area contributed by atoms with Gasteiger partial charge in [-0.2, -0.15) is 0 Å². The molecule has 1 aromatic rings. The van der Waals surface area contributed by atoms with Crippen molar-refractivity contribution in [2.24, 2.45) is 4.99 Å². The molecule has 0 radical (unpaired) electrons. The Morgan fingerprint density at radius 1 is 1.26 bits per heavy atom. The maximum absolute atomic E-state index is 11.9. The molecule has 1 amide bonds. The second kappa shape index (κ2) is 5.40. The first kappa shape index (κ1) is 12.2. The summed E-state index contributed by atoms with van der Waals surface area (Å²) >= 11 is 0. The van der Waals surface area contributed by atoms with Crippen LogP contribution in [0.3, 0.4) is 0 Å². The molecular formula is C14H18N4O. The molecule has 3 rings (SSSR count). The van der Waals surface area contributed by atoms with E-state index in [-0.39, 0.29) is 11.9 Å².